The number of benzene rings is 2. The smallest absolute Gasteiger partial charge is 0.222 e. The molecule has 0 unspecified atom stereocenters. The van der Waals surface area contributed by atoms with Gasteiger partial charge in [0.05, 0.1) is 12.1 Å². The molecule has 0 radical (unpaired) electrons. The largest absolute Gasteiger partial charge is 0.391 e. The molecular weight excluding hydrogens is 310 g/mol. The zero-order valence-electron chi connectivity index (χ0n) is 14.9. The SMILES string of the molecule is CN(C(=O)CCc1ccc(-c2ccccc2)cc1)[C@@H]1CCCC[C@@H]1O. The fourth-order valence-corrected chi connectivity index (χ4v) is 3.65. The summed E-state index contributed by atoms with van der Waals surface area (Å²) in [5.74, 6) is 0.123. The van der Waals surface area contributed by atoms with E-state index in [1.54, 1.807) is 4.90 Å². The van der Waals surface area contributed by atoms with Crippen LogP contribution in [0.25, 0.3) is 11.1 Å². The first-order chi connectivity index (χ1) is 12.1. The Kier molecular flexibility index (Phi) is 5.87. The summed E-state index contributed by atoms with van der Waals surface area (Å²) in [5.41, 5.74) is 3.57. The first kappa shape index (κ1) is 17.7. The van der Waals surface area contributed by atoms with Gasteiger partial charge in [-0.3, -0.25) is 4.79 Å². The lowest BCUT2D eigenvalue weighted by Crippen LogP contribution is -2.46. The summed E-state index contributed by atoms with van der Waals surface area (Å²) in [7, 11) is 1.83. The van der Waals surface area contributed by atoms with E-state index in [-0.39, 0.29) is 18.1 Å². The Morgan fingerprint density at radius 2 is 1.64 bits per heavy atom. The van der Waals surface area contributed by atoms with Gasteiger partial charge in [0.15, 0.2) is 0 Å². The summed E-state index contributed by atoms with van der Waals surface area (Å²) < 4.78 is 0. The summed E-state index contributed by atoms with van der Waals surface area (Å²) in [5, 5.41) is 10.1. The van der Waals surface area contributed by atoms with Crippen molar-refractivity contribution in [1.29, 1.82) is 0 Å². The maximum absolute atomic E-state index is 12.5. The highest BCUT2D eigenvalue weighted by molar-refractivity contribution is 5.76. The maximum atomic E-state index is 12.5. The van der Waals surface area contributed by atoms with Gasteiger partial charge in [0, 0.05) is 13.5 Å². The molecule has 3 heteroatoms. The van der Waals surface area contributed by atoms with Gasteiger partial charge in [-0.25, -0.2) is 0 Å². The first-order valence-corrected chi connectivity index (χ1v) is 9.23. The predicted molar refractivity (Wildman–Crippen MR) is 101 cm³/mol. The van der Waals surface area contributed by atoms with Crippen molar-refractivity contribution in [3.63, 3.8) is 0 Å². The van der Waals surface area contributed by atoms with Crippen LogP contribution in [0.2, 0.25) is 0 Å². The molecule has 1 N–H and O–H groups in total. The van der Waals surface area contributed by atoms with Crippen LogP contribution >= 0.6 is 0 Å². The monoisotopic (exact) mass is 337 g/mol. The summed E-state index contributed by atoms with van der Waals surface area (Å²) in [6.07, 6.45) is 4.74. The Balaban J connectivity index is 1.55. The number of nitrogens with zero attached hydrogens (tertiary/aromatic N) is 1. The van der Waals surface area contributed by atoms with Gasteiger partial charge in [0.1, 0.15) is 0 Å². The predicted octanol–water partition coefficient (Wildman–Crippen LogP) is 4.05. The van der Waals surface area contributed by atoms with Crippen molar-refractivity contribution in [2.45, 2.75) is 50.7 Å². The molecular formula is C22H27NO2. The molecule has 2 aromatic carbocycles. The highest BCUT2D eigenvalue weighted by Crippen LogP contribution is 2.23. The number of aliphatic hydroxyl groups excluding tert-OH is 1. The van der Waals surface area contributed by atoms with Gasteiger partial charge in [-0.1, -0.05) is 67.4 Å². The molecule has 1 aliphatic carbocycles. The van der Waals surface area contributed by atoms with Gasteiger partial charge >= 0.3 is 0 Å². The van der Waals surface area contributed by atoms with E-state index in [9.17, 15) is 9.90 Å². The second kappa shape index (κ2) is 8.30. The zero-order chi connectivity index (χ0) is 17.6. The molecule has 2 aromatic rings. The zero-order valence-corrected chi connectivity index (χ0v) is 14.9. The Morgan fingerprint density at radius 1 is 1.00 bits per heavy atom. The van der Waals surface area contributed by atoms with E-state index in [0.717, 1.165) is 32.1 Å². The standard InChI is InChI=1S/C22H27NO2/c1-23(20-9-5-6-10-21(20)24)22(25)16-13-17-11-14-19(15-12-17)18-7-3-2-4-8-18/h2-4,7-8,11-12,14-15,20-21,24H,5-6,9-10,13,16H2,1H3/t20-,21+/m1/s1. The van der Waals surface area contributed by atoms with Crippen molar-refractivity contribution in [2.24, 2.45) is 0 Å². The summed E-state index contributed by atoms with van der Waals surface area (Å²) in [6.45, 7) is 0. The van der Waals surface area contributed by atoms with Crippen LogP contribution in [0.4, 0.5) is 0 Å². The average molecular weight is 337 g/mol. The molecule has 1 saturated carbocycles. The third-order valence-electron chi connectivity index (χ3n) is 5.27. The number of carbonyl (C=O) groups is 1. The molecule has 25 heavy (non-hydrogen) atoms. The van der Waals surface area contributed by atoms with Gasteiger partial charge in [-0.15, -0.1) is 0 Å². The molecule has 0 aromatic heterocycles. The van der Waals surface area contributed by atoms with Crippen molar-refractivity contribution in [1.82, 2.24) is 4.90 Å². The first-order valence-electron chi connectivity index (χ1n) is 9.23. The van der Waals surface area contributed by atoms with Crippen molar-refractivity contribution < 1.29 is 9.90 Å². The lowest BCUT2D eigenvalue weighted by Gasteiger charge is -2.35. The summed E-state index contributed by atoms with van der Waals surface area (Å²) >= 11 is 0. The number of carbonyl (C=O) groups excluding carboxylic acids is 1. The third kappa shape index (κ3) is 4.49. The molecule has 2 atom stereocenters. The number of rotatable bonds is 5. The Bertz CT molecular complexity index is 681. The second-order valence-electron chi connectivity index (χ2n) is 6.99. The van der Waals surface area contributed by atoms with E-state index in [4.69, 9.17) is 0 Å². The van der Waals surface area contributed by atoms with E-state index in [1.165, 1.54) is 16.7 Å². The van der Waals surface area contributed by atoms with E-state index < -0.39 is 0 Å². The maximum Gasteiger partial charge on any atom is 0.222 e. The van der Waals surface area contributed by atoms with E-state index in [0.29, 0.717) is 6.42 Å². The van der Waals surface area contributed by atoms with Crippen LogP contribution in [0.1, 0.15) is 37.7 Å². The Hall–Kier alpha value is -2.13. The lowest BCUT2D eigenvalue weighted by atomic mass is 9.91. The van der Waals surface area contributed by atoms with Crippen molar-refractivity contribution in [2.75, 3.05) is 7.05 Å². The van der Waals surface area contributed by atoms with Gasteiger partial charge in [0.25, 0.3) is 0 Å². The number of aryl methyl sites for hydroxylation is 1. The fourth-order valence-electron chi connectivity index (χ4n) is 3.65. The summed E-state index contributed by atoms with van der Waals surface area (Å²) in [6, 6.07) is 18.7. The number of likely N-dealkylation sites (N-methyl/N-ethyl adjacent to an activating group) is 1. The van der Waals surface area contributed by atoms with Gasteiger partial charge in [-0.2, -0.15) is 0 Å². The normalized spacial score (nSPS) is 20.2. The highest BCUT2D eigenvalue weighted by atomic mass is 16.3. The molecule has 0 aliphatic heterocycles. The highest BCUT2D eigenvalue weighted by Gasteiger charge is 2.28. The molecule has 0 spiro atoms. The number of hydrogen-bond acceptors (Lipinski definition) is 2. The molecule has 1 amide bonds. The van der Waals surface area contributed by atoms with Crippen molar-refractivity contribution in [3.05, 3.63) is 60.2 Å². The van der Waals surface area contributed by atoms with Crippen LogP contribution in [0.5, 0.6) is 0 Å². The molecule has 132 valence electrons. The fraction of sp³-hybridized carbons (Fsp3) is 0.409. The van der Waals surface area contributed by atoms with Crippen LogP contribution < -0.4 is 0 Å². The molecule has 1 aliphatic rings. The third-order valence-corrected chi connectivity index (χ3v) is 5.27. The van der Waals surface area contributed by atoms with E-state index in [2.05, 4.69) is 36.4 Å². The number of aliphatic hydroxyl groups is 1. The molecule has 0 bridgehead atoms. The van der Waals surface area contributed by atoms with Crippen molar-refractivity contribution in [3.8, 4) is 11.1 Å². The topological polar surface area (TPSA) is 40.5 Å². The van der Waals surface area contributed by atoms with Crippen LogP contribution in [0.15, 0.2) is 54.6 Å². The molecule has 1 fully saturated rings. The minimum atomic E-state index is -0.368. The lowest BCUT2D eigenvalue weighted by molar-refractivity contribution is -0.135. The molecule has 3 nitrogen and oxygen atoms in total. The van der Waals surface area contributed by atoms with E-state index in [1.807, 2.05) is 25.2 Å². The van der Waals surface area contributed by atoms with Gasteiger partial charge in [-0.05, 0) is 36.0 Å². The van der Waals surface area contributed by atoms with Crippen LogP contribution in [0.3, 0.4) is 0 Å². The Morgan fingerprint density at radius 3 is 2.32 bits per heavy atom. The number of amides is 1. The minimum absolute atomic E-state index is 0.0123. The van der Waals surface area contributed by atoms with Crippen LogP contribution in [-0.2, 0) is 11.2 Å². The quantitative estimate of drug-likeness (QED) is 0.894. The number of hydrogen-bond donors (Lipinski definition) is 1. The van der Waals surface area contributed by atoms with Crippen molar-refractivity contribution >= 4 is 5.91 Å². The minimum Gasteiger partial charge on any atom is -0.391 e. The summed E-state index contributed by atoms with van der Waals surface area (Å²) in [4.78, 5) is 14.2. The van der Waals surface area contributed by atoms with E-state index >= 15 is 0 Å². The Labute approximate surface area is 150 Å². The van der Waals surface area contributed by atoms with Gasteiger partial charge < -0.3 is 10.0 Å². The van der Waals surface area contributed by atoms with Crippen LogP contribution in [-0.4, -0.2) is 35.1 Å². The molecule has 0 saturated heterocycles. The molecule has 3 rings (SSSR count). The second-order valence-corrected chi connectivity index (χ2v) is 6.99. The average Bonchev–Trinajstić information content (AvgIpc) is 2.67. The molecule has 0 heterocycles. The van der Waals surface area contributed by atoms with Crippen LogP contribution in [0, 0.1) is 0 Å². The van der Waals surface area contributed by atoms with Gasteiger partial charge in [0.2, 0.25) is 5.91 Å².